The average molecular weight is 693 g/mol. The number of benzene rings is 8. The van der Waals surface area contributed by atoms with Crippen LogP contribution in [0.1, 0.15) is 21.5 Å². The van der Waals surface area contributed by atoms with Crippen molar-refractivity contribution < 1.29 is 9.21 Å². The molecule has 0 aliphatic carbocycles. The van der Waals surface area contributed by atoms with E-state index in [2.05, 4.69) is 132 Å². The van der Waals surface area contributed by atoms with Crippen LogP contribution in [0.2, 0.25) is 0 Å². The van der Waals surface area contributed by atoms with Crippen molar-refractivity contribution in [1.82, 2.24) is 9.55 Å². The maximum absolute atomic E-state index is 13.0. The quantitative estimate of drug-likeness (QED) is 0.183. The van der Waals surface area contributed by atoms with Gasteiger partial charge in [-0.2, -0.15) is 0 Å². The lowest BCUT2D eigenvalue weighted by atomic mass is 9.98. The van der Waals surface area contributed by atoms with E-state index < -0.39 is 0 Å². The molecule has 0 bridgehead atoms. The Hall–Kier alpha value is -7.17. The minimum atomic E-state index is 0.0324. The summed E-state index contributed by atoms with van der Waals surface area (Å²) in [4.78, 5) is 16.6. The highest BCUT2D eigenvalue weighted by Gasteiger charge is 2.18. The second-order valence-electron chi connectivity index (χ2n) is 14.2. The Morgan fingerprint density at radius 3 is 1.98 bits per heavy atom. The van der Waals surface area contributed by atoms with E-state index in [1.807, 2.05) is 54.6 Å². The molecule has 8 aromatic carbocycles. The Kier molecular flexibility index (Phi) is 6.58. The number of ketones is 1. The van der Waals surface area contributed by atoms with Crippen LogP contribution < -0.4 is 0 Å². The molecule has 54 heavy (non-hydrogen) atoms. The van der Waals surface area contributed by atoms with Crippen LogP contribution in [-0.4, -0.2) is 15.3 Å². The van der Waals surface area contributed by atoms with Crippen molar-refractivity contribution in [3.05, 3.63) is 187 Å². The van der Waals surface area contributed by atoms with Crippen molar-refractivity contribution in [2.24, 2.45) is 0 Å². The number of aromatic nitrogens is 2. The molecular weight excluding hydrogens is 661 g/mol. The Labute approximate surface area is 310 Å². The third-order valence-electron chi connectivity index (χ3n) is 11.1. The third-order valence-corrected chi connectivity index (χ3v) is 11.1. The molecule has 0 amide bonds. The Morgan fingerprint density at radius 2 is 1.17 bits per heavy atom. The smallest absolute Gasteiger partial charge is 0.193 e. The van der Waals surface area contributed by atoms with E-state index in [1.165, 1.54) is 43.7 Å². The van der Waals surface area contributed by atoms with Crippen molar-refractivity contribution >= 4 is 71.3 Å². The molecule has 0 atom stereocenters. The third kappa shape index (κ3) is 4.60. The summed E-state index contributed by atoms with van der Waals surface area (Å²) in [5.41, 5.74) is 14.5. The number of furan rings is 1. The summed E-state index contributed by atoms with van der Waals surface area (Å²) in [5.74, 6) is 0.0324. The van der Waals surface area contributed by atoms with Crippen LogP contribution in [-0.2, 0) is 0 Å². The number of H-pyrrole nitrogens is 1. The van der Waals surface area contributed by atoms with Gasteiger partial charge in [0.05, 0.1) is 16.6 Å². The number of hydrogen-bond acceptors (Lipinski definition) is 2. The molecule has 0 unspecified atom stereocenters. The number of hydrogen-bond donors (Lipinski definition) is 1. The van der Waals surface area contributed by atoms with Gasteiger partial charge in [-0.1, -0.05) is 115 Å². The summed E-state index contributed by atoms with van der Waals surface area (Å²) in [6.07, 6.45) is 0. The van der Waals surface area contributed by atoms with E-state index in [4.69, 9.17) is 4.42 Å². The number of nitrogens with zero attached hydrogens (tertiary/aromatic N) is 1. The number of nitrogens with one attached hydrogen (secondary N) is 1. The van der Waals surface area contributed by atoms with E-state index in [0.717, 1.165) is 55.3 Å². The first-order valence-electron chi connectivity index (χ1n) is 18.3. The van der Waals surface area contributed by atoms with Gasteiger partial charge in [-0.25, -0.2) is 0 Å². The van der Waals surface area contributed by atoms with Crippen LogP contribution in [0.3, 0.4) is 0 Å². The average Bonchev–Trinajstić information content (AvgIpc) is 3.91. The summed E-state index contributed by atoms with van der Waals surface area (Å²) < 4.78 is 8.89. The van der Waals surface area contributed by atoms with Crippen LogP contribution in [0.5, 0.6) is 0 Å². The molecule has 4 heteroatoms. The van der Waals surface area contributed by atoms with Crippen LogP contribution >= 0.6 is 0 Å². The van der Waals surface area contributed by atoms with Gasteiger partial charge in [-0.3, -0.25) is 4.79 Å². The SMILES string of the molecule is Cc1cc(-c2ccc3oc4c(ccc5c6ccccc6[nH]c54)c3c2)cc2c3ccccc3n(-c3ccc(-c4ccc(C(=O)c5ccccc5)cc4)cc3)c12. The number of carbonyl (C=O) groups is 1. The van der Waals surface area contributed by atoms with Gasteiger partial charge in [-0.15, -0.1) is 0 Å². The van der Waals surface area contributed by atoms with E-state index in [0.29, 0.717) is 11.1 Å². The van der Waals surface area contributed by atoms with Gasteiger partial charge < -0.3 is 14.0 Å². The van der Waals surface area contributed by atoms with Gasteiger partial charge in [0.15, 0.2) is 11.4 Å². The first-order valence-corrected chi connectivity index (χ1v) is 18.3. The highest BCUT2D eigenvalue weighted by molar-refractivity contribution is 6.21. The molecule has 0 spiro atoms. The standard InChI is InChI=1S/C50H32N2O2/c1-30-27-36(35-21-26-46-42(28-35)41-25-24-40-38-11-5-7-13-44(38)51-47(40)50(41)54-46)29-43-39-12-6-8-14-45(39)52(48(30)43)37-22-19-32(20-23-37)31-15-17-34(18-16-31)49(53)33-9-3-2-4-10-33/h2-29,51H,1H3. The predicted molar refractivity (Wildman–Crippen MR) is 223 cm³/mol. The lowest BCUT2D eigenvalue weighted by Gasteiger charge is -2.12. The van der Waals surface area contributed by atoms with Gasteiger partial charge in [0.1, 0.15) is 5.58 Å². The molecule has 11 aromatic rings. The minimum Gasteiger partial charge on any atom is -0.454 e. The first-order chi connectivity index (χ1) is 26.6. The van der Waals surface area contributed by atoms with Crippen molar-refractivity contribution in [2.45, 2.75) is 6.92 Å². The fraction of sp³-hybridized carbons (Fsp3) is 0.0200. The second-order valence-corrected chi connectivity index (χ2v) is 14.2. The lowest BCUT2D eigenvalue weighted by molar-refractivity contribution is 0.103. The topological polar surface area (TPSA) is 50.9 Å². The summed E-state index contributed by atoms with van der Waals surface area (Å²) >= 11 is 0. The number of para-hydroxylation sites is 2. The Balaban J connectivity index is 0.981. The van der Waals surface area contributed by atoms with Gasteiger partial charge in [0.25, 0.3) is 0 Å². The van der Waals surface area contributed by atoms with Crippen LogP contribution in [0.15, 0.2) is 174 Å². The number of aromatic amines is 1. The maximum atomic E-state index is 13.0. The van der Waals surface area contributed by atoms with Gasteiger partial charge >= 0.3 is 0 Å². The highest BCUT2D eigenvalue weighted by atomic mass is 16.3. The maximum Gasteiger partial charge on any atom is 0.193 e. The molecule has 1 N–H and O–H groups in total. The Morgan fingerprint density at radius 1 is 0.519 bits per heavy atom. The summed E-state index contributed by atoms with van der Waals surface area (Å²) in [7, 11) is 0. The van der Waals surface area contributed by atoms with Crippen LogP contribution in [0.25, 0.3) is 93.5 Å². The van der Waals surface area contributed by atoms with Crippen molar-refractivity contribution in [2.75, 3.05) is 0 Å². The largest absolute Gasteiger partial charge is 0.454 e. The van der Waals surface area contributed by atoms with Gasteiger partial charge in [0.2, 0.25) is 0 Å². The fourth-order valence-electron chi connectivity index (χ4n) is 8.44. The van der Waals surface area contributed by atoms with E-state index in [9.17, 15) is 4.79 Å². The molecule has 0 fully saturated rings. The molecule has 0 radical (unpaired) electrons. The molecule has 254 valence electrons. The first kappa shape index (κ1) is 30.5. The zero-order valence-corrected chi connectivity index (χ0v) is 29.4. The van der Waals surface area contributed by atoms with E-state index in [-0.39, 0.29) is 5.78 Å². The molecule has 3 aromatic heterocycles. The molecule has 0 saturated heterocycles. The van der Waals surface area contributed by atoms with Gasteiger partial charge in [0, 0.05) is 54.6 Å². The second kappa shape index (κ2) is 11.7. The summed E-state index contributed by atoms with van der Waals surface area (Å²) in [6.45, 7) is 2.21. The molecule has 3 heterocycles. The van der Waals surface area contributed by atoms with Crippen molar-refractivity contribution in [3.8, 4) is 27.9 Å². The molecular formula is C50H32N2O2. The van der Waals surface area contributed by atoms with E-state index in [1.54, 1.807) is 0 Å². The lowest BCUT2D eigenvalue weighted by Crippen LogP contribution is -2.00. The molecule has 0 saturated carbocycles. The Bertz CT molecular complexity index is 3270. The molecule has 0 aliphatic heterocycles. The van der Waals surface area contributed by atoms with E-state index >= 15 is 0 Å². The molecule has 11 rings (SSSR count). The number of rotatable bonds is 5. The van der Waals surface area contributed by atoms with Crippen LogP contribution in [0, 0.1) is 6.92 Å². The number of fused-ring (bicyclic) bond motifs is 10. The summed E-state index contributed by atoms with van der Waals surface area (Å²) in [5, 5.41) is 7.05. The number of aryl methyl sites for hydroxylation is 1. The summed E-state index contributed by atoms with van der Waals surface area (Å²) in [6, 6.07) is 58.7. The highest BCUT2D eigenvalue weighted by Crippen LogP contribution is 2.41. The zero-order chi connectivity index (χ0) is 35.9. The normalized spacial score (nSPS) is 11.9. The fourth-order valence-corrected chi connectivity index (χ4v) is 8.44. The molecule has 0 aliphatic rings. The minimum absolute atomic E-state index is 0.0324. The monoisotopic (exact) mass is 692 g/mol. The van der Waals surface area contributed by atoms with Crippen molar-refractivity contribution in [1.29, 1.82) is 0 Å². The molecule has 4 nitrogen and oxygen atoms in total. The number of carbonyl (C=O) groups excluding carboxylic acids is 1. The van der Waals surface area contributed by atoms with Crippen LogP contribution in [0.4, 0.5) is 0 Å². The van der Waals surface area contributed by atoms with Crippen molar-refractivity contribution in [3.63, 3.8) is 0 Å². The van der Waals surface area contributed by atoms with Gasteiger partial charge in [-0.05, 0) is 89.3 Å². The zero-order valence-electron chi connectivity index (χ0n) is 29.4. The predicted octanol–water partition coefficient (Wildman–Crippen LogP) is 13.2.